The van der Waals surface area contributed by atoms with Gasteiger partial charge in [0.05, 0.1) is 11.9 Å². The van der Waals surface area contributed by atoms with Crippen LogP contribution in [0.25, 0.3) is 10.9 Å². The van der Waals surface area contributed by atoms with E-state index < -0.39 is 0 Å². The van der Waals surface area contributed by atoms with Gasteiger partial charge in [-0.1, -0.05) is 28.7 Å². The Balaban J connectivity index is 1.72. The normalized spacial score (nSPS) is 10.7. The Bertz CT molecular complexity index is 829. The molecule has 0 saturated heterocycles. The van der Waals surface area contributed by atoms with Crippen LogP contribution in [-0.4, -0.2) is 31.1 Å². The summed E-state index contributed by atoms with van der Waals surface area (Å²) < 4.78 is 1.18. The van der Waals surface area contributed by atoms with E-state index in [1.165, 1.54) is 21.5 Å². The molecule has 3 aromatic rings. The largest absolute Gasteiger partial charge is 0.300 e. The molecule has 3 rings (SSSR count). The molecule has 0 bridgehead atoms. The lowest BCUT2D eigenvalue weighted by molar-refractivity contribution is -0.116. The second kappa shape index (κ2) is 5.75. The van der Waals surface area contributed by atoms with Crippen LogP contribution in [0.2, 0.25) is 0 Å². The minimum absolute atomic E-state index is 0.104. The van der Waals surface area contributed by atoms with E-state index in [0.717, 1.165) is 0 Å². The first-order chi connectivity index (χ1) is 10.2. The average molecular weight is 302 g/mol. The summed E-state index contributed by atoms with van der Waals surface area (Å²) >= 11 is 1.23. The number of aryl methyl sites for hydroxylation is 1. The van der Waals surface area contributed by atoms with Gasteiger partial charge in [0.2, 0.25) is 11.0 Å². The van der Waals surface area contributed by atoms with Crippen LogP contribution in [0, 0.1) is 0 Å². The maximum absolute atomic E-state index is 12.2. The molecule has 2 aromatic heterocycles. The highest BCUT2D eigenvalue weighted by Crippen LogP contribution is 2.08. The predicted molar refractivity (Wildman–Crippen MR) is 77.0 cm³/mol. The molecule has 9 heteroatoms. The fourth-order valence-electron chi connectivity index (χ4n) is 1.79. The summed E-state index contributed by atoms with van der Waals surface area (Å²) in [5.41, 5.74) is 1.80. The molecular weight excluding hydrogens is 292 g/mol. The number of fused-ring (bicyclic) bond motifs is 1. The molecular formula is C12H10N6O2S. The van der Waals surface area contributed by atoms with E-state index in [4.69, 9.17) is 0 Å². The van der Waals surface area contributed by atoms with Crippen molar-refractivity contribution >= 4 is 33.3 Å². The van der Waals surface area contributed by atoms with Crippen molar-refractivity contribution in [2.75, 3.05) is 5.32 Å². The summed E-state index contributed by atoms with van der Waals surface area (Å²) in [5, 5.41) is 18.6. The highest BCUT2D eigenvalue weighted by molar-refractivity contribution is 7.13. The molecule has 1 N–H and O–H groups in total. The lowest BCUT2D eigenvalue weighted by Crippen LogP contribution is -2.26. The smallest absolute Gasteiger partial charge is 0.277 e. The number of anilines is 1. The Morgan fingerprint density at radius 2 is 2.14 bits per heavy atom. The minimum atomic E-state index is -0.260. The van der Waals surface area contributed by atoms with Crippen LogP contribution in [0.3, 0.4) is 0 Å². The Kier molecular flexibility index (Phi) is 3.65. The third-order valence-electron chi connectivity index (χ3n) is 2.79. The van der Waals surface area contributed by atoms with E-state index in [9.17, 15) is 9.59 Å². The van der Waals surface area contributed by atoms with Crippen molar-refractivity contribution in [3.05, 3.63) is 40.1 Å². The van der Waals surface area contributed by atoms with Crippen molar-refractivity contribution in [3.8, 4) is 0 Å². The third kappa shape index (κ3) is 2.92. The van der Waals surface area contributed by atoms with Crippen LogP contribution in [0.15, 0.2) is 34.6 Å². The number of nitrogens with one attached hydrogen (secondary N) is 1. The molecule has 0 radical (unpaired) electrons. The fraction of sp³-hybridized carbons (Fsp3) is 0.167. The van der Waals surface area contributed by atoms with E-state index in [2.05, 4.69) is 25.8 Å². The van der Waals surface area contributed by atoms with Gasteiger partial charge in [-0.25, -0.2) is 4.68 Å². The number of aromatic nitrogens is 5. The first-order valence-electron chi connectivity index (χ1n) is 6.12. The number of carbonyl (C=O) groups is 1. The minimum Gasteiger partial charge on any atom is -0.300 e. The molecule has 1 amide bonds. The van der Waals surface area contributed by atoms with Crippen molar-refractivity contribution in [3.63, 3.8) is 0 Å². The Labute approximate surface area is 122 Å². The van der Waals surface area contributed by atoms with Crippen molar-refractivity contribution in [1.29, 1.82) is 0 Å². The average Bonchev–Trinajstić information content (AvgIpc) is 3.00. The lowest BCUT2D eigenvalue weighted by atomic mass is 10.2. The Morgan fingerprint density at radius 1 is 1.29 bits per heavy atom. The SMILES string of the molecule is O=C(CCn1nnc2ccccc2c1=O)Nc1nncs1. The van der Waals surface area contributed by atoms with Gasteiger partial charge >= 0.3 is 0 Å². The summed E-state index contributed by atoms with van der Waals surface area (Å²) in [5.74, 6) is -0.256. The van der Waals surface area contributed by atoms with Gasteiger partial charge in [0, 0.05) is 6.42 Å². The number of benzene rings is 1. The molecule has 8 nitrogen and oxygen atoms in total. The van der Waals surface area contributed by atoms with E-state index in [1.54, 1.807) is 24.3 Å². The van der Waals surface area contributed by atoms with Gasteiger partial charge in [-0.15, -0.1) is 15.3 Å². The number of carbonyl (C=O) groups excluding carboxylic acids is 1. The van der Waals surface area contributed by atoms with E-state index in [-0.39, 0.29) is 24.4 Å². The number of hydrogen-bond donors (Lipinski definition) is 1. The van der Waals surface area contributed by atoms with Gasteiger partial charge < -0.3 is 5.32 Å². The van der Waals surface area contributed by atoms with Crippen LogP contribution >= 0.6 is 11.3 Å². The highest BCUT2D eigenvalue weighted by Gasteiger charge is 2.08. The predicted octanol–water partition coefficient (Wildman–Crippen LogP) is 0.672. The fourth-order valence-corrected chi connectivity index (χ4v) is 2.25. The molecule has 0 fully saturated rings. The number of rotatable bonds is 4. The Hall–Kier alpha value is -2.68. The van der Waals surface area contributed by atoms with Crippen LogP contribution < -0.4 is 10.9 Å². The zero-order valence-electron chi connectivity index (χ0n) is 10.8. The number of amides is 1. The zero-order chi connectivity index (χ0) is 14.7. The third-order valence-corrected chi connectivity index (χ3v) is 3.39. The molecule has 2 heterocycles. The molecule has 0 atom stereocenters. The number of hydrogen-bond acceptors (Lipinski definition) is 7. The monoisotopic (exact) mass is 302 g/mol. The summed E-state index contributed by atoms with van der Waals surface area (Å²) in [7, 11) is 0. The molecule has 106 valence electrons. The molecule has 0 aliphatic rings. The number of nitrogens with zero attached hydrogens (tertiary/aromatic N) is 5. The van der Waals surface area contributed by atoms with Gasteiger partial charge in [-0.2, -0.15) is 0 Å². The summed E-state index contributed by atoms with van der Waals surface area (Å²) in [6, 6.07) is 6.95. The molecule has 21 heavy (non-hydrogen) atoms. The van der Waals surface area contributed by atoms with Crippen LogP contribution in [-0.2, 0) is 11.3 Å². The summed E-state index contributed by atoms with van der Waals surface area (Å²) in [6.45, 7) is 0.154. The van der Waals surface area contributed by atoms with Crippen LogP contribution in [0.5, 0.6) is 0 Å². The van der Waals surface area contributed by atoms with Crippen LogP contribution in [0.4, 0.5) is 5.13 Å². The maximum Gasteiger partial charge on any atom is 0.277 e. The van der Waals surface area contributed by atoms with Crippen molar-refractivity contribution in [1.82, 2.24) is 25.2 Å². The highest BCUT2D eigenvalue weighted by atomic mass is 32.1. The summed E-state index contributed by atoms with van der Waals surface area (Å²) in [6.07, 6.45) is 0.104. The van der Waals surface area contributed by atoms with Crippen molar-refractivity contribution in [2.24, 2.45) is 0 Å². The second-order valence-electron chi connectivity index (χ2n) is 4.18. The van der Waals surface area contributed by atoms with Gasteiger partial charge in [-0.05, 0) is 12.1 Å². The van der Waals surface area contributed by atoms with Gasteiger partial charge in [0.25, 0.3) is 5.56 Å². The van der Waals surface area contributed by atoms with Gasteiger partial charge in [-0.3, -0.25) is 9.59 Å². The molecule has 1 aromatic carbocycles. The van der Waals surface area contributed by atoms with E-state index >= 15 is 0 Å². The molecule has 0 aliphatic heterocycles. The molecule has 0 unspecified atom stereocenters. The molecule has 0 spiro atoms. The van der Waals surface area contributed by atoms with E-state index in [0.29, 0.717) is 16.0 Å². The van der Waals surface area contributed by atoms with Crippen molar-refractivity contribution < 1.29 is 4.79 Å². The maximum atomic E-state index is 12.2. The Morgan fingerprint density at radius 3 is 2.95 bits per heavy atom. The summed E-state index contributed by atoms with van der Waals surface area (Å²) in [4.78, 5) is 23.9. The molecule has 0 saturated carbocycles. The first-order valence-corrected chi connectivity index (χ1v) is 7.00. The molecule has 0 aliphatic carbocycles. The van der Waals surface area contributed by atoms with Gasteiger partial charge in [0.15, 0.2) is 0 Å². The van der Waals surface area contributed by atoms with Gasteiger partial charge in [0.1, 0.15) is 11.0 Å². The second-order valence-corrected chi connectivity index (χ2v) is 5.01. The first kappa shape index (κ1) is 13.3. The zero-order valence-corrected chi connectivity index (χ0v) is 11.6. The lowest BCUT2D eigenvalue weighted by Gasteiger charge is -2.04. The standard InChI is InChI=1S/C12H10N6O2S/c19-10(14-12-16-13-7-21-12)5-6-18-11(20)8-3-1-2-4-9(8)15-17-18/h1-4,7H,5-6H2,(H,14,16,19). The van der Waals surface area contributed by atoms with E-state index in [1.807, 2.05) is 0 Å². The topological polar surface area (TPSA) is 103 Å². The van der Waals surface area contributed by atoms with Crippen molar-refractivity contribution in [2.45, 2.75) is 13.0 Å². The quantitative estimate of drug-likeness (QED) is 0.760. The van der Waals surface area contributed by atoms with Crippen LogP contribution in [0.1, 0.15) is 6.42 Å².